The fourth-order valence-corrected chi connectivity index (χ4v) is 3.91. The van der Waals surface area contributed by atoms with Gasteiger partial charge in [0.2, 0.25) is 0 Å². The molecule has 0 aromatic heterocycles. The number of ether oxygens (including phenoxy) is 2. The molecule has 0 radical (unpaired) electrons. The molecule has 39 heavy (non-hydrogen) atoms. The number of anilines is 1. The zero-order chi connectivity index (χ0) is 27.6. The number of hydrogen-bond acceptors (Lipinski definition) is 5. The van der Waals surface area contributed by atoms with Crippen molar-refractivity contribution in [2.75, 3.05) is 11.9 Å². The summed E-state index contributed by atoms with van der Waals surface area (Å²) >= 11 is 12.2. The van der Waals surface area contributed by atoms with Crippen LogP contribution in [0.2, 0.25) is 10.0 Å². The number of esters is 1. The van der Waals surface area contributed by atoms with Crippen LogP contribution in [-0.4, -0.2) is 24.3 Å². The molecule has 8 heteroatoms. The van der Waals surface area contributed by atoms with Gasteiger partial charge in [0.25, 0.3) is 5.91 Å². The third kappa shape index (κ3) is 8.04. The van der Waals surface area contributed by atoms with E-state index in [-0.39, 0.29) is 17.0 Å². The summed E-state index contributed by atoms with van der Waals surface area (Å²) in [7, 11) is 0. The first kappa shape index (κ1) is 27.6. The minimum absolute atomic E-state index is 0.229. The van der Waals surface area contributed by atoms with E-state index in [0.717, 1.165) is 11.1 Å². The van der Waals surface area contributed by atoms with Crippen molar-refractivity contribution in [3.8, 4) is 5.75 Å². The first-order valence-corrected chi connectivity index (χ1v) is 12.6. The molecule has 6 nitrogen and oxygen atoms in total. The number of ketones is 1. The Morgan fingerprint density at radius 1 is 0.821 bits per heavy atom. The van der Waals surface area contributed by atoms with Crippen molar-refractivity contribution in [3.05, 3.63) is 135 Å². The molecule has 4 aromatic carbocycles. The Morgan fingerprint density at radius 3 is 2.28 bits per heavy atom. The molecular formula is C31H23Cl2NO5. The Labute approximate surface area is 235 Å². The van der Waals surface area contributed by atoms with Gasteiger partial charge >= 0.3 is 5.97 Å². The maximum atomic E-state index is 12.9. The van der Waals surface area contributed by atoms with Crippen LogP contribution in [0.25, 0.3) is 6.08 Å². The van der Waals surface area contributed by atoms with E-state index >= 15 is 0 Å². The minimum atomic E-state index is -0.694. The van der Waals surface area contributed by atoms with Crippen LogP contribution < -0.4 is 10.1 Å². The van der Waals surface area contributed by atoms with Crippen molar-refractivity contribution < 1.29 is 23.9 Å². The van der Waals surface area contributed by atoms with E-state index in [1.54, 1.807) is 72.8 Å². The SMILES string of the molecule is O=C(COC(=O)/C=C/c1ccc(OCc2ccccc2Cl)cc1)Nc1ccc(Cl)cc1C(=O)c1ccccc1. The fourth-order valence-electron chi connectivity index (χ4n) is 3.55. The van der Waals surface area contributed by atoms with Gasteiger partial charge in [0.05, 0.1) is 5.69 Å². The zero-order valence-corrected chi connectivity index (χ0v) is 22.1. The summed E-state index contributed by atoms with van der Waals surface area (Å²) in [6.45, 7) is -0.194. The molecule has 1 N–H and O–H groups in total. The molecule has 196 valence electrons. The maximum absolute atomic E-state index is 12.9. The Morgan fingerprint density at radius 2 is 1.54 bits per heavy atom. The Kier molecular flexibility index (Phi) is 9.51. The lowest BCUT2D eigenvalue weighted by Gasteiger charge is -2.11. The first-order chi connectivity index (χ1) is 18.9. The van der Waals surface area contributed by atoms with Crippen LogP contribution in [-0.2, 0) is 20.9 Å². The van der Waals surface area contributed by atoms with Crippen molar-refractivity contribution in [1.29, 1.82) is 0 Å². The predicted octanol–water partition coefficient (Wildman–Crippen LogP) is 7.00. The van der Waals surface area contributed by atoms with Gasteiger partial charge in [-0.15, -0.1) is 0 Å². The molecule has 0 unspecified atom stereocenters. The average Bonchev–Trinajstić information content (AvgIpc) is 2.96. The highest BCUT2D eigenvalue weighted by Crippen LogP contribution is 2.24. The lowest BCUT2D eigenvalue weighted by atomic mass is 10.0. The summed E-state index contributed by atoms with van der Waals surface area (Å²) in [4.78, 5) is 37.5. The van der Waals surface area contributed by atoms with Gasteiger partial charge in [-0.25, -0.2) is 4.79 Å². The van der Waals surface area contributed by atoms with Gasteiger partial charge in [0, 0.05) is 32.8 Å². The van der Waals surface area contributed by atoms with Crippen LogP contribution in [0, 0.1) is 0 Å². The summed E-state index contributed by atoms with van der Waals surface area (Å²) in [6, 6.07) is 27.7. The molecule has 0 saturated carbocycles. The predicted molar refractivity (Wildman–Crippen MR) is 152 cm³/mol. The van der Waals surface area contributed by atoms with Crippen molar-refractivity contribution in [2.24, 2.45) is 0 Å². The lowest BCUT2D eigenvalue weighted by molar-refractivity contribution is -0.142. The summed E-state index contributed by atoms with van der Waals surface area (Å²) < 4.78 is 10.8. The normalized spacial score (nSPS) is 10.7. The zero-order valence-electron chi connectivity index (χ0n) is 20.6. The number of hydrogen-bond donors (Lipinski definition) is 1. The summed E-state index contributed by atoms with van der Waals surface area (Å²) in [5.74, 6) is -0.936. The number of carbonyl (C=O) groups excluding carboxylic acids is 3. The van der Waals surface area contributed by atoms with Crippen molar-refractivity contribution >= 4 is 52.6 Å². The molecular weight excluding hydrogens is 537 g/mol. The van der Waals surface area contributed by atoms with Gasteiger partial charge in [-0.2, -0.15) is 0 Å². The van der Waals surface area contributed by atoms with E-state index in [0.29, 0.717) is 28.0 Å². The molecule has 4 aromatic rings. The van der Waals surface area contributed by atoms with E-state index in [1.807, 2.05) is 18.2 Å². The second-order valence-electron chi connectivity index (χ2n) is 8.32. The second kappa shape index (κ2) is 13.4. The number of halogens is 2. The fraction of sp³-hybridized carbons (Fsp3) is 0.0645. The summed E-state index contributed by atoms with van der Waals surface area (Å²) in [5, 5.41) is 3.60. The highest BCUT2D eigenvalue weighted by Gasteiger charge is 2.16. The minimum Gasteiger partial charge on any atom is -0.489 e. The van der Waals surface area contributed by atoms with E-state index in [4.69, 9.17) is 32.7 Å². The monoisotopic (exact) mass is 559 g/mol. The molecule has 4 rings (SSSR count). The number of benzene rings is 4. The smallest absolute Gasteiger partial charge is 0.331 e. The van der Waals surface area contributed by atoms with Crippen LogP contribution in [0.5, 0.6) is 5.75 Å². The molecule has 0 spiro atoms. The largest absolute Gasteiger partial charge is 0.489 e. The van der Waals surface area contributed by atoms with E-state index in [1.165, 1.54) is 18.2 Å². The molecule has 0 fully saturated rings. The summed E-state index contributed by atoms with van der Waals surface area (Å²) in [5.41, 5.74) is 2.57. The highest BCUT2D eigenvalue weighted by molar-refractivity contribution is 6.31. The van der Waals surface area contributed by atoms with Crippen LogP contribution >= 0.6 is 23.2 Å². The number of carbonyl (C=O) groups is 3. The third-order valence-electron chi connectivity index (χ3n) is 5.53. The standard InChI is InChI=1S/C31H23Cl2NO5/c32-24-13-16-28(26(18-24)31(37)22-6-2-1-3-7-22)34-29(35)20-39-30(36)17-12-21-10-14-25(15-11-21)38-19-23-8-4-5-9-27(23)33/h1-18H,19-20H2,(H,34,35)/b17-12+. The Hall–Kier alpha value is -4.39. The van der Waals surface area contributed by atoms with E-state index in [2.05, 4.69) is 5.32 Å². The Balaban J connectivity index is 1.28. The number of nitrogens with one attached hydrogen (secondary N) is 1. The molecule has 0 aliphatic heterocycles. The van der Waals surface area contributed by atoms with E-state index < -0.39 is 18.5 Å². The van der Waals surface area contributed by atoms with Crippen molar-refractivity contribution in [3.63, 3.8) is 0 Å². The van der Waals surface area contributed by atoms with Crippen LogP contribution in [0.1, 0.15) is 27.0 Å². The first-order valence-electron chi connectivity index (χ1n) is 11.9. The molecule has 0 saturated heterocycles. The van der Waals surface area contributed by atoms with Crippen LogP contribution in [0.15, 0.2) is 103 Å². The quantitative estimate of drug-likeness (QED) is 0.128. The van der Waals surface area contributed by atoms with Crippen molar-refractivity contribution in [1.82, 2.24) is 0 Å². The summed E-state index contributed by atoms with van der Waals surface area (Å²) in [6.07, 6.45) is 2.79. The maximum Gasteiger partial charge on any atom is 0.331 e. The average molecular weight is 560 g/mol. The van der Waals surface area contributed by atoms with Gasteiger partial charge in [0.15, 0.2) is 12.4 Å². The topological polar surface area (TPSA) is 81.7 Å². The molecule has 1 amide bonds. The molecule has 0 aliphatic rings. The molecule has 0 heterocycles. The van der Waals surface area contributed by atoms with E-state index in [9.17, 15) is 14.4 Å². The molecule has 0 aliphatic carbocycles. The van der Waals surface area contributed by atoms with Crippen molar-refractivity contribution in [2.45, 2.75) is 6.61 Å². The molecule has 0 bridgehead atoms. The van der Waals surface area contributed by atoms with Gasteiger partial charge in [-0.05, 0) is 48.0 Å². The van der Waals surface area contributed by atoms with Crippen LogP contribution in [0.3, 0.4) is 0 Å². The number of rotatable bonds is 10. The van der Waals surface area contributed by atoms with Gasteiger partial charge in [-0.1, -0.05) is 83.9 Å². The number of amides is 1. The van der Waals surface area contributed by atoms with Crippen LogP contribution in [0.4, 0.5) is 5.69 Å². The highest BCUT2D eigenvalue weighted by atomic mass is 35.5. The second-order valence-corrected chi connectivity index (χ2v) is 9.17. The van der Waals surface area contributed by atoms with Gasteiger partial charge < -0.3 is 14.8 Å². The lowest BCUT2D eigenvalue weighted by Crippen LogP contribution is -2.21. The third-order valence-corrected chi connectivity index (χ3v) is 6.13. The Bertz CT molecular complexity index is 1500. The van der Waals surface area contributed by atoms with Gasteiger partial charge in [0.1, 0.15) is 12.4 Å². The van der Waals surface area contributed by atoms with Gasteiger partial charge in [-0.3, -0.25) is 9.59 Å². The molecule has 0 atom stereocenters.